The standard InChI is InChI=1S/C32H43NO4/c1-3-9-25-10-14-27(15-11-25)28-16-19-31(29(22-28)23-33)37-24-26-12-17-30(18-13-26)35-20-7-5-6-8-21-36-32(34)4-2/h4,10-11,14-16,19,22-23,26,30,33H,2-3,5-9,12-13,17-18,20-21,24H2,1H3. The van der Waals surface area contributed by atoms with Gasteiger partial charge in [0.05, 0.1) is 19.3 Å². The normalized spacial score (nSPS) is 17.2. The molecule has 1 N–H and O–H groups in total. The molecule has 1 saturated carbocycles. The summed E-state index contributed by atoms with van der Waals surface area (Å²) < 4.78 is 17.3. The SMILES string of the molecule is C=CC(=O)OCCCCCCOC1CCC(COc2ccc(-c3ccc(CCC)cc3)cc2C=N)CC1. The minimum atomic E-state index is -0.346. The highest BCUT2D eigenvalue weighted by molar-refractivity contribution is 5.84. The maximum atomic E-state index is 11.0. The van der Waals surface area contributed by atoms with E-state index in [1.165, 1.54) is 23.4 Å². The average molecular weight is 506 g/mol. The molecule has 37 heavy (non-hydrogen) atoms. The van der Waals surface area contributed by atoms with E-state index in [1.807, 2.05) is 6.07 Å². The van der Waals surface area contributed by atoms with E-state index >= 15 is 0 Å². The fourth-order valence-corrected chi connectivity index (χ4v) is 4.84. The third kappa shape index (κ3) is 9.81. The van der Waals surface area contributed by atoms with Gasteiger partial charge in [0.15, 0.2) is 0 Å². The van der Waals surface area contributed by atoms with Crippen LogP contribution >= 0.6 is 0 Å². The van der Waals surface area contributed by atoms with Crippen LogP contribution in [-0.4, -0.2) is 38.1 Å². The van der Waals surface area contributed by atoms with Gasteiger partial charge in [0.1, 0.15) is 5.75 Å². The molecule has 200 valence electrons. The van der Waals surface area contributed by atoms with E-state index in [-0.39, 0.29) is 5.97 Å². The van der Waals surface area contributed by atoms with E-state index in [1.54, 1.807) is 0 Å². The molecule has 0 spiro atoms. The highest BCUT2D eigenvalue weighted by Crippen LogP contribution is 2.30. The third-order valence-corrected chi connectivity index (χ3v) is 7.06. The van der Waals surface area contributed by atoms with Crippen LogP contribution < -0.4 is 4.74 Å². The Balaban J connectivity index is 1.33. The molecule has 2 aromatic carbocycles. The molecule has 3 rings (SSSR count). The summed E-state index contributed by atoms with van der Waals surface area (Å²) >= 11 is 0. The lowest BCUT2D eigenvalue weighted by molar-refractivity contribution is -0.137. The molecule has 0 atom stereocenters. The molecule has 0 unspecified atom stereocenters. The number of aryl methyl sites for hydroxylation is 1. The third-order valence-electron chi connectivity index (χ3n) is 7.06. The molecular formula is C32H43NO4. The number of carbonyl (C=O) groups is 1. The molecule has 0 amide bonds. The van der Waals surface area contributed by atoms with Crippen molar-refractivity contribution in [2.24, 2.45) is 5.92 Å². The minimum Gasteiger partial charge on any atom is -0.493 e. The number of carbonyl (C=O) groups excluding carboxylic acids is 1. The monoisotopic (exact) mass is 505 g/mol. The van der Waals surface area contributed by atoms with Gasteiger partial charge in [0.2, 0.25) is 0 Å². The first kappa shape index (κ1) is 28.6. The van der Waals surface area contributed by atoms with Crippen molar-refractivity contribution < 1.29 is 19.0 Å². The first-order valence-electron chi connectivity index (χ1n) is 13.9. The van der Waals surface area contributed by atoms with Crippen LogP contribution in [0, 0.1) is 11.3 Å². The lowest BCUT2D eigenvalue weighted by Gasteiger charge is -2.28. The van der Waals surface area contributed by atoms with E-state index in [0.717, 1.165) is 87.7 Å². The van der Waals surface area contributed by atoms with E-state index in [9.17, 15) is 4.79 Å². The molecule has 1 aliphatic carbocycles. The van der Waals surface area contributed by atoms with Gasteiger partial charge < -0.3 is 19.6 Å². The molecule has 5 nitrogen and oxygen atoms in total. The molecular weight excluding hydrogens is 462 g/mol. The quantitative estimate of drug-likeness (QED) is 0.111. The lowest BCUT2D eigenvalue weighted by Crippen LogP contribution is -2.25. The summed E-state index contributed by atoms with van der Waals surface area (Å²) in [7, 11) is 0. The van der Waals surface area contributed by atoms with Gasteiger partial charge in [0, 0.05) is 24.5 Å². The fraction of sp³-hybridized carbons (Fsp3) is 0.500. The number of benzene rings is 2. The highest BCUT2D eigenvalue weighted by atomic mass is 16.5. The van der Waals surface area contributed by atoms with Crippen LogP contribution in [-0.2, 0) is 20.7 Å². The zero-order chi connectivity index (χ0) is 26.3. The van der Waals surface area contributed by atoms with Crippen LogP contribution in [0.2, 0.25) is 0 Å². The number of unbranched alkanes of at least 4 members (excludes halogenated alkanes) is 3. The van der Waals surface area contributed by atoms with Crippen molar-refractivity contribution in [2.75, 3.05) is 19.8 Å². The number of rotatable bonds is 16. The van der Waals surface area contributed by atoms with Gasteiger partial charge in [-0.15, -0.1) is 0 Å². The summed E-state index contributed by atoms with van der Waals surface area (Å²) in [5.41, 5.74) is 4.47. The Morgan fingerprint density at radius 3 is 2.35 bits per heavy atom. The van der Waals surface area contributed by atoms with Crippen molar-refractivity contribution in [1.82, 2.24) is 0 Å². The van der Waals surface area contributed by atoms with Crippen molar-refractivity contribution in [3.63, 3.8) is 0 Å². The van der Waals surface area contributed by atoms with E-state index in [4.69, 9.17) is 19.6 Å². The number of esters is 1. The van der Waals surface area contributed by atoms with Crippen LogP contribution in [0.1, 0.15) is 75.8 Å². The number of ether oxygens (including phenoxy) is 3. The second-order valence-corrected chi connectivity index (χ2v) is 9.95. The topological polar surface area (TPSA) is 68.6 Å². The molecule has 0 aromatic heterocycles. The molecule has 0 heterocycles. The van der Waals surface area contributed by atoms with Crippen LogP contribution in [0.5, 0.6) is 5.75 Å². The van der Waals surface area contributed by atoms with E-state index < -0.39 is 0 Å². The van der Waals surface area contributed by atoms with Gasteiger partial charge in [-0.1, -0.05) is 56.7 Å². The summed E-state index contributed by atoms with van der Waals surface area (Å²) in [6.07, 6.45) is 13.6. The zero-order valence-electron chi connectivity index (χ0n) is 22.4. The average Bonchev–Trinajstić information content (AvgIpc) is 2.94. The van der Waals surface area contributed by atoms with Crippen LogP contribution in [0.15, 0.2) is 55.1 Å². The maximum Gasteiger partial charge on any atom is 0.330 e. The van der Waals surface area contributed by atoms with Crippen LogP contribution in [0.4, 0.5) is 0 Å². The van der Waals surface area contributed by atoms with E-state index in [0.29, 0.717) is 25.2 Å². The van der Waals surface area contributed by atoms with Crippen LogP contribution in [0.25, 0.3) is 11.1 Å². The molecule has 0 aliphatic heterocycles. The predicted molar refractivity (Wildman–Crippen MR) is 151 cm³/mol. The fourth-order valence-electron chi connectivity index (χ4n) is 4.84. The second kappa shape index (κ2) is 16.0. The summed E-state index contributed by atoms with van der Waals surface area (Å²) in [5.74, 6) is 0.975. The zero-order valence-corrected chi connectivity index (χ0v) is 22.4. The summed E-state index contributed by atoms with van der Waals surface area (Å²) in [4.78, 5) is 11.0. The first-order chi connectivity index (χ1) is 18.1. The summed E-state index contributed by atoms with van der Waals surface area (Å²) in [6, 6.07) is 14.9. The van der Waals surface area contributed by atoms with Crippen molar-refractivity contribution in [2.45, 2.75) is 77.2 Å². The Labute approximate surface area is 222 Å². The van der Waals surface area contributed by atoms with Crippen molar-refractivity contribution in [3.8, 4) is 16.9 Å². The smallest absolute Gasteiger partial charge is 0.330 e. The van der Waals surface area contributed by atoms with E-state index in [2.05, 4.69) is 49.9 Å². The van der Waals surface area contributed by atoms with Gasteiger partial charge in [-0.05, 0) is 86.1 Å². The molecule has 5 heteroatoms. The molecule has 1 fully saturated rings. The maximum absolute atomic E-state index is 11.0. The summed E-state index contributed by atoms with van der Waals surface area (Å²) in [6.45, 7) is 7.55. The Hall–Kier alpha value is -2.92. The molecule has 1 aliphatic rings. The van der Waals surface area contributed by atoms with Gasteiger partial charge in [-0.3, -0.25) is 0 Å². The van der Waals surface area contributed by atoms with Gasteiger partial charge in [-0.25, -0.2) is 4.79 Å². The van der Waals surface area contributed by atoms with Gasteiger partial charge >= 0.3 is 5.97 Å². The van der Waals surface area contributed by atoms with Crippen molar-refractivity contribution in [1.29, 1.82) is 5.41 Å². The second-order valence-electron chi connectivity index (χ2n) is 9.95. The molecule has 0 bridgehead atoms. The molecule has 0 saturated heterocycles. The highest BCUT2D eigenvalue weighted by Gasteiger charge is 2.22. The number of hydrogen-bond donors (Lipinski definition) is 1. The van der Waals surface area contributed by atoms with Crippen LogP contribution in [0.3, 0.4) is 0 Å². The number of hydrogen-bond acceptors (Lipinski definition) is 5. The van der Waals surface area contributed by atoms with Gasteiger partial charge in [-0.2, -0.15) is 0 Å². The summed E-state index contributed by atoms with van der Waals surface area (Å²) in [5, 5.41) is 7.89. The minimum absolute atomic E-state index is 0.346. The molecule has 2 aromatic rings. The Morgan fingerprint density at radius 2 is 1.68 bits per heavy atom. The number of nitrogens with one attached hydrogen (secondary N) is 1. The van der Waals surface area contributed by atoms with Gasteiger partial charge in [0.25, 0.3) is 0 Å². The Bertz CT molecular complexity index is 977. The Morgan fingerprint density at radius 1 is 0.973 bits per heavy atom. The Kier molecular flexibility index (Phi) is 12.4. The largest absolute Gasteiger partial charge is 0.493 e. The molecule has 0 radical (unpaired) electrons. The van der Waals surface area contributed by atoms with Crippen molar-refractivity contribution in [3.05, 3.63) is 66.2 Å². The predicted octanol–water partition coefficient (Wildman–Crippen LogP) is 7.55. The van der Waals surface area contributed by atoms with Crippen molar-refractivity contribution >= 4 is 12.2 Å². The first-order valence-corrected chi connectivity index (χ1v) is 13.9. The lowest BCUT2D eigenvalue weighted by atomic mass is 9.88.